The molecular weight excluding hydrogens is 304 g/mol. The highest BCUT2D eigenvalue weighted by molar-refractivity contribution is 5.80. The van der Waals surface area contributed by atoms with Crippen molar-refractivity contribution in [1.29, 1.82) is 0 Å². The molecule has 0 heterocycles. The number of rotatable bonds is 6. The Hall–Kier alpha value is -1.72. The van der Waals surface area contributed by atoms with Crippen molar-refractivity contribution in [1.82, 2.24) is 16.0 Å². The van der Waals surface area contributed by atoms with Gasteiger partial charge in [0.15, 0.2) is 5.96 Å². The van der Waals surface area contributed by atoms with Gasteiger partial charge in [0.2, 0.25) is 0 Å². The van der Waals surface area contributed by atoms with E-state index in [9.17, 15) is 4.79 Å². The summed E-state index contributed by atoms with van der Waals surface area (Å²) in [5.74, 6) is 0.765. The fourth-order valence-electron chi connectivity index (χ4n) is 2.62. The van der Waals surface area contributed by atoms with E-state index in [2.05, 4.69) is 46.9 Å². The molecule has 0 unspecified atom stereocenters. The highest BCUT2D eigenvalue weighted by Gasteiger charge is 2.30. The van der Waals surface area contributed by atoms with Gasteiger partial charge >= 0.3 is 6.09 Å². The van der Waals surface area contributed by atoms with Crippen molar-refractivity contribution >= 4 is 12.1 Å². The van der Waals surface area contributed by atoms with E-state index in [1.54, 1.807) is 7.05 Å². The number of ether oxygens (including phenoxy) is 1. The Morgan fingerprint density at radius 2 is 1.79 bits per heavy atom. The topological polar surface area (TPSA) is 74.8 Å². The molecule has 1 aliphatic carbocycles. The van der Waals surface area contributed by atoms with Crippen LogP contribution in [0.1, 0.15) is 60.3 Å². The summed E-state index contributed by atoms with van der Waals surface area (Å²) in [6, 6.07) is 0.396. The molecule has 6 heteroatoms. The van der Waals surface area contributed by atoms with E-state index >= 15 is 0 Å². The summed E-state index contributed by atoms with van der Waals surface area (Å²) in [6.07, 6.45) is 7.62. The van der Waals surface area contributed by atoms with E-state index in [1.165, 1.54) is 0 Å². The van der Waals surface area contributed by atoms with Crippen LogP contribution in [0.5, 0.6) is 0 Å². The molecule has 0 atom stereocenters. The monoisotopic (exact) mass is 338 g/mol. The van der Waals surface area contributed by atoms with Crippen molar-refractivity contribution in [3.8, 4) is 0 Å². The highest BCUT2D eigenvalue weighted by Crippen LogP contribution is 2.16. The average molecular weight is 338 g/mol. The molecule has 0 spiro atoms. The standard InChI is InChI=1S/C18H34N4O2/c1-7-18(8-2,22-16(23)24-17(3,4)5)13-20-15(19-6)21-14-11-9-10-12-14/h9-10,14H,7-8,11-13H2,1-6H3,(H,22,23)(H2,19,20,21). The van der Waals surface area contributed by atoms with Gasteiger partial charge in [-0.25, -0.2) is 4.79 Å². The quantitative estimate of drug-likeness (QED) is 0.395. The van der Waals surface area contributed by atoms with E-state index < -0.39 is 5.60 Å². The van der Waals surface area contributed by atoms with Crippen LogP contribution in [0, 0.1) is 0 Å². The second kappa shape index (κ2) is 8.94. The van der Waals surface area contributed by atoms with Gasteiger partial charge in [0.05, 0.1) is 5.54 Å². The lowest BCUT2D eigenvalue weighted by Crippen LogP contribution is -2.57. The number of carbonyl (C=O) groups excluding carboxylic acids is 1. The first-order valence-corrected chi connectivity index (χ1v) is 8.87. The zero-order valence-corrected chi connectivity index (χ0v) is 16.0. The lowest BCUT2D eigenvalue weighted by atomic mass is 9.93. The maximum Gasteiger partial charge on any atom is 0.408 e. The van der Waals surface area contributed by atoms with Crippen LogP contribution in [0.25, 0.3) is 0 Å². The third-order valence-corrected chi connectivity index (χ3v) is 4.29. The Labute approximate surface area is 146 Å². The van der Waals surface area contributed by atoms with Gasteiger partial charge < -0.3 is 20.7 Å². The first kappa shape index (κ1) is 20.3. The van der Waals surface area contributed by atoms with Crippen molar-refractivity contribution < 1.29 is 9.53 Å². The summed E-state index contributed by atoms with van der Waals surface area (Å²) in [7, 11) is 1.76. The number of hydrogen-bond donors (Lipinski definition) is 3. The van der Waals surface area contributed by atoms with E-state index in [4.69, 9.17) is 4.74 Å². The van der Waals surface area contributed by atoms with E-state index in [1.807, 2.05) is 20.8 Å². The number of amides is 1. The Morgan fingerprint density at radius 1 is 1.21 bits per heavy atom. The molecule has 0 radical (unpaired) electrons. The maximum atomic E-state index is 12.2. The van der Waals surface area contributed by atoms with Crippen LogP contribution in [-0.4, -0.2) is 42.8 Å². The molecule has 0 aromatic rings. The zero-order chi connectivity index (χ0) is 18.2. The number of guanidine groups is 1. The van der Waals surface area contributed by atoms with Crippen LogP contribution < -0.4 is 16.0 Å². The van der Waals surface area contributed by atoms with Crippen molar-refractivity contribution in [2.24, 2.45) is 4.99 Å². The minimum absolute atomic E-state index is 0.367. The summed E-state index contributed by atoms with van der Waals surface area (Å²) in [6.45, 7) is 10.3. The first-order chi connectivity index (χ1) is 11.2. The Kier molecular flexibility index (Phi) is 7.58. The molecule has 3 N–H and O–H groups in total. The molecule has 0 saturated heterocycles. The fourth-order valence-corrected chi connectivity index (χ4v) is 2.62. The number of aliphatic imine (C=N–C) groups is 1. The van der Waals surface area contributed by atoms with Gasteiger partial charge in [-0.05, 0) is 46.5 Å². The third kappa shape index (κ3) is 6.81. The molecule has 0 aliphatic heterocycles. The molecule has 24 heavy (non-hydrogen) atoms. The lowest BCUT2D eigenvalue weighted by molar-refractivity contribution is 0.0448. The molecule has 0 fully saturated rings. The summed E-state index contributed by atoms with van der Waals surface area (Å²) in [4.78, 5) is 16.5. The van der Waals surface area contributed by atoms with Gasteiger partial charge in [0, 0.05) is 19.6 Å². The average Bonchev–Trinajstić information content (AvgIpc) is 3.01. The fraction of sp³-hybridized carbons (Fsp3) is 0.778. The van der Waals surface area contributed by atoms with Crippen LogP contribution in [0.15, 0.2) is 17.1 Å². The van der Waals surface area contributed by atoms with Crippen molar-refractivity contribution in [3.63, 3.8) is 0 Å². The summed E-state index contributed by atoms with van der Waals surface area (Å²) >= 11 is 0. The number of carbonyl (C=O) groups is 1. The Balaban J connectivity index is 2.60. The third-order valence-electron chi connectivity index (χ3n) is 4.29. The Morgan fingerprint density at radius 3 is 2.25 bits per heavy atom. The molecule has 138 valence electrons. The van der Waals surface area contributed by atoms with Gasteiger partial charge in [-0.15, -0.1) is 0 Å². The van der Waals surface area contributed by atoms with Gasteiger partial charge in [0.1, 0.15) is 5.60 Å². The number of hydrogen-bond acceptors (Lipinski definition) is 3. The highest BCUT2D eigenvalue weighted by atomic mass is 16.6. The molecule has 1 rings (SSSR count). The largest absolute Gasteiger partial charge is 0.444 e. The molecule has 6 nitrogen and oxygen atoms in total. The molecular formula is C18H34N4O2. The van der Waals surface area contributed by atoms with Gasteiger partial charge in [-0.3, -0.25) is 4.99 Å². The minimum atomic E-state index is -0.502. The van der Waals surface area contributed by atoms with Gasteiger partial charge in [-0.2, -0.15) is 0 Å². The molecule has 0 bridgehead atoms. The molecule has 0 saturated carbocycles. The molecule has 0 aromatic heterocycles. The molecule has 0 aromatic carbocycles. The van der Waals surface area contributed by atoms with Crippen LogP contribution in [0.2, 0.25) is 0 Å². The zero-order valence-electron chi connectivity index (χ0n) is 16.0. The predicted molar refractivity (Wildman–Crippen MR) is 99.3 cm³/mol. The van der Waals surface area contributed by atoms with Crippen LogP contribution in [0.4, 0.5) is 4.79 Å². The first-order valence-electron chi connectivity index (χ1n) is 8.87. The predicted octanol–water partition coefficient (Wildman–Crippen LogP) is 2.95. The number of nitrogens with one attached hydrogen (secondary N) is 3. The van der Waals surface area contributed by atoms with E-state index in [0.29, 0.717) is 12.6 Å². The van der Waals surface area contributed by atoms with E-state index in [-0.39, 0.29) is 11.6 Å². The summed E-state index contributed by atoms with van der Waals surface area (Å²) in [5.41, 5.74) is -0.869. The molecule has 1 amide bonds. The van der Waals surface area contributed by atoms with Gasteiger partial charge in [-0.1, -0.05) is 26.0 Å². The van der Waals surface area contributed by atoms with E-state index in [0.717, 1.165) is 31.6 Å². The number of nitrogens with zero attached hydrogens (tertiary/aromatic N) is 1. The lowest BCUT2D eigenvalue weighted by Gasteiger charge is -2.34. The minimum Gasteiger partial charge on any atom is -0.444 e. The Bertz CT molecular complexity index is 454. The maximum absolute atomic E-state index is 12.2. The second-order valence-corrected chi connectivity index (χ2v) is 7.32. The van der Waals surface area contributed by atoms with Gasteiger partial charge in [0.25, 0.3) is 0 Å². The van der Waals surface area contributed by atoms with Crippen LogP contribution in [0.3, 0.4) is 0 Å². The number of alkyl carbamates (subject to hydrolysis) is 1. The molecule has 1 aliphatic rings. The summed E-state index contributed by atoms with van der Waals surface area (Å²) < 4.78 is 5.41. The normalized spacial score (nSPS) is 16.2. The van der Waals surface area contributed by atoms with Crippen molar-refractivity contribution in [3.05, 3.63) is 12.2 Å². The SMILES string of the molecule is CCC(CC)(CNC(=NC)NC1CC=CC1)NC(=O)OC(C)(C)C. The van der Waals surface area contributed by atoms with Crippen molar-refractivity contribution in [2.75, 3.05) is 13.6 Å². The smallest absolute Gasteiger partial charge is 0.408 e. The van der Waals surface area contributed by atoms with Crippen LogP contribution >= 0.6 is 0 Å². The summed E-state index contributed by atoms with van der Waals surface area (Å²) in [5, 5.41) is 9.80. The second-order valence-electron chi connectivity index (χ2n) is 7.32. The van der Waals surface area contributed by atoms with Crippen molar-refractivity contribution in [2.45, 2.75) is 77.5 Å². The van der Waals surface area contributed by atoms with Crippen LogP contribution in [-0.2, 0) is 4.74 Å².